The Morgan fingerprint density at radius 3 is 2.50 bits per heavy atom. The number of amides is 1. The smallest absolute Gasteiger partial charge is 0.266 e. The van der Waals surface area contributed by atoms with Crippen molar-refractivity contribution in [1.82, 2.24) is 0 Å². The third-order valence-electron chi connectivity index (χ3n) is 3.65. The number of para-hydroxylation sites is 1. The van der Waals surface area contributed by atoms with Crippen molar-refractivity contribution in [3.63, 3.8) is 0 Å². The molecule has 122 valence electrons. The van der Waals surface area contributed by atoms with Gasteiger partial charge < -0.3 is 4.74 Å². The summed E-state index contributed by atoms with van der Waals surface area (Å²) < 4.78 is 5.30. The number of carbonyl (C=O) groups is 2. The van der Waals surface area contributed by atoms with Gasteiger partial charge in [-0.15, -0.1) is 0 Å². The first-order chi connectivity index (χ1) is 11.6. The molecule has 0 atom stereocenters. The molecule has 0 saturated heterocycles. The normalized spacial score (nSPS) is 14.9. The average Bonchev–Trinajstić information content (AvgIpc) is 2.84. The summed E-state index contributed by atoms with van der Waals surface area (Å²) in [6.45, 7) is 2.26. The van der Waals surface area contributed by atoms with Crippen LogP contribution in [0, 0.1) is 0 Å². The molecule has 24 heavy (non-hydrogen) atoms. The highest BCUT2D eigenvalue weighted by molar-refractivity contribution is 6.43. The maximum absolute atomic E-state index is 12.9. The molecule has 1 heterocycles. The zero-order valence-corrected chi connectivity index (χ0v) is 14.3. The quantitative estimate of drug-likeness (QED) is 0.443. The van der Waals surface area contributed by atoms with Crippen LogP contribution < -0.4 is 4.90 Å². The van der Waals surface area contributed by atoms with E-state index in [1.807, 2.05) is 6.92 Å². The van der Waals surface area contributed by atoms with E-state index in [1.165, 1.54) is 11.2 Å². The molecule has 6 heteroatoms. The summed E-state index contributed by atoms with van der Waals surface area (Å²) in [6.07, 6.45) is 2.15. The first kappa shape index (κ1) is 16.6. The summed E-state index contributed by atoms with van der Waals surface area (Å²) >= 11 is 12.5. The van der Waals surface area contributed by atoms with Gasteiger partial charge in [0.25, 0.3) is 5.91 Å². The van der Waals surface area contributed by atoms with E-state index in [4.69, 9.17) is 27.9 Å². The van der Waals surface area contributed by atoms with Gasteiger partial charge in [0.2, 0.25) is 0 Å². The van der Waals surface area contributed by atoms with Gasteiger partial charge in [0.15, 0.2) is 0 Å². The molecule has 0 unspecified atom stereocenters. The number of benzene rings is 2. The number of ether oxygens (including phenoxy) is 1. The fraction of sp³-hybridized carbons (Fsp3) is 0.111. The number of carbonyl (C=O) groups excluding carboxylic acids is 2. The Bertz CT molecular complexity index is 841. The van der Waals surface area contributed by atoms with E-state index in [1.54, 1.807) is 36.4 Å². The van der Waals surface area contributed by atoms with Gasteiger partial charge in [-0.25, -0.2) is 0 Å². The highest BCUT2D eigenvalue weighted by Crippen LogP contribution is 2.46. The van der Waals surface area contributed by atoms with Crippen molar-refractivity contribution in [3.8, 4) is 0 Å². The molecule has 2 aromatic carbocycles. The first-order valence-electron chi connectivity index (χ1n) is 7.28. The van der Waals surface area contributed by atoms with Crippen LogP contribution in [-0.2, 0) is 9.53 Å². The van der Waals surface area contributed by atoms with Crippen LogP contribution >= 0.6 is 23.2 Å². The molecule has 0 aliphatic carbocycles. The van der Waals surface area contributed by atoms with Gasteiger partial charge in [0.1, 0.15) is 6.29 Å². The molecule has 2 aromatic rings. The van der Waals surface area contributed by atoms with Crippen LogP contribution in [0.15, 0.2) is 42.7 Å². The Labute approximate surface area is 149 Å². The lowest BCUT2D eigenvalue weighted by Crippen LogP contribution is -2.21. The Morgan fingerprint density at radius 1 is 1.17 bits per heavy atom. The van der Waals surface area contributed by atoms with Crippen molar-refractivity contribution in [3.05, 3.63) is 63.8 Å². The molecular formula is C18H13Cl2NO3. The lowest BCUT2D eigenvalue weighted by Gasteiger charge is -2.20. The van der Waals surface area contributed by atoms with E-state index in [0.29, 0.717) is 44.7 Å². The maximum atomic E-state index is 12.9. The fourth-order valence-electron chi connectivity index (χ4n) is 2.58. The lowest BCUT2D eigenvalue weighted by molar-refractivity contribution is -0.112. The number of anilines is 2. The Morgan fingerprint density at radius 2 is 1.88 bits per heavy atom. The fourth-order valence-corrected chi connectivity index (χ4v) is 3.15. The van der Waals surface area contributed by atoms with Crippen molar-refractivity contribution < 1.29 is 14.3 Å². The minimum atomic E-state index is -0.309. The van der Waals surface area contributed by atoms with Gasteiger partial charge >= 0.3 is 0 Å². The summed E-state index contributed by atoms with van der Waals surface area (Å²) in [7, 11) is 0. The molecular weight excluding hydrogens is 349 g/mol. The molecule has 1 aliphatic rings. The zero-order chi connectivity index (χ0) is 17.3. The molecule has 0 aromatic heterocycles. The highest BCUT2D eigenvalue weighted by atomic mass is 35.5. The van der Waals surface area contributed by atoms with E-state index >= 15 is 0 Å². The lowest BCUT2D eigenvalue weighted by atomic mass is 10.1. The van der Waals surface area contributed by atoms with Gasteiger partial charge in [0, 0.05) is 11.1 Å². The van der Waals surface area contributed by atoms with Crippen molar-refractivity contribution in [1.29, 1.82) is 0 Å². The van der Waals surface area contributed by atoms with Crippen LogP contribution in [0.4, 0.5) is 11.4 Å². The van der Waals surface area contributed by atoms with Crippen LogP contribution in [0.25, 0.3) is 5.57 Å². The Hall–Kier alpha value is -2.30. The zero-order valence-electron chi connectivity index (χ0n) is 12.8. The van der Waals surface area contributed by atoms with E-state index in [2.05, 4.69) is 0 Å². The number of nitrogens with zero attached hydrogens (tertiary/aromatic N) is 1. The van der Waals surface area contributed by atoms with E-state index in [-0.39, 0.29) is 5.91 Å². The summed E-state index contributed by atoms with van der Waals surface area (Å²) in [4.78, 5) is 25.5. The minimum absolute atomic E-state index is 0.309. The third-order valence-corrected chi connectivity index (χ3v) is 4.26. The number of hydrogen-bond donors (Lipinski definition) is 0. The molecule has 4 nitrogen and oxygen atoms in total. The molecule has 0 radical (unpaired) electrons. The van der Waals surface area contributed by atoms with Crippen LogP contribution in [0.2, 0.25) is 10.0 Å². The summed E-state index contributed by atoms with van der Waals surface area (Å²) in [5.74, 6) is -0.309. The van der Waals surface area contributed by atoms with E-state index < -0.39 is 0 Å². The van der Waals surface area contributed by atoms with E-state index in [0.717, 1.165) is 6.29 Å². The van der Waals surface area contributed by atoms with Crippen molar-refractivity contribution >= 4 is 52.3 Å². The van der Waals surface area contributed by atoms with Crippen LogP contribution in [0.1, 0.15) is 22.8 Å². The van der Waals surface area contributed by atoms with Crippen molar-refractivity contribution in [2.75, 3.05) is 11.5 Å². The molecule has 3 rings (SSSR count). The summed E-state index contributed by atoms with van der Waals surface area (Å²) in [5.41, 5.74) is 2.43. The number of fused-ring (bicyclic) bond motifs is 1. The van der Waals surface area contributed by atoms with Gasteiger partial charge in [-0.2, -0.15) is 0 Å². The Kier molecular flexibility index (Phi) is 4.60. The Balaban J connectivity index is 2.25. The second kappa shape index (κ2) is 6.67. The van der Waals surface area contributed by atoms with Crippen LogP contribution in [-0.4, -0.2) is 18.8 Å². The molecule has 0 spiro atoms. The minimum Gasteiger partial charge on any atom is -0.501 e. The second-order valence-corrected chi connectivity index (χ2v) is 5.91. The number of rotatable bonds is 4. The van der Waals surface area contributed by atoms with Crippen LogP contribution in [0.5, 0.6) is 0 Å². The highest BCUT2D eigenvalue weighted by Gasteiger charge is 2.36. The number of hydrogen-bond acceptors (Lipinski definition) is 3. The molecule has 0 saturated carbocycles. The van der Waals surface area contributed by atoms with Gasteiger partial charge in [-0.1, -0.05) is 41.4 Å². The molecule has 1 amide bonds. The van der Waals surface area contributed by atoms with E-state index in [9.17, 15) is 9.59 Å². The van der Waals surface area contributed by atoms with Crippen molar-refractivity contribution in [2.24, 2.45) is 0 Å². The molecule has 0 fully saturated rings. The predicted octanol–water partition coefficient (Wildman–Crippen LogP) is 4.86. The average molecular weight is 362 g/mol. The predicted molar refractivity (Wildman–Crippen MR) is 95.0 cm³/mol. The largest absolute Gasteiger partial charge is 0.501 e. The van der Waals surface area contributed by atoms with Gasteiger partial charge in [-0.3, -0.25) is 14.5 Å². The van der Waals surface area contributed by atoms with Gasteiger partial charge in [-0.05, 0) is 25.1 Å². The number of halogens is 2. The maximum Gasteiger partial charge on any atom is 0.266 e. The molecule has 0 N–H and O–H groups in total. The number of aldehydes is 1. The summed E-state index contributed by atoms with van der Waals surface area (Å²) in [5, 5.41) is 0.687. The third kappa shape index (κ3) is 2.68. The summed E-state index contributed by atoms with van der Waals surface area (Å²) in [6, 6.07) is 10.0. The first-order valence-corrected chi connectivity index (χ1v) is 8.04. The SMILES string of the molecule is CCO/C=C1\C(=O)N(c2c(Cl)cccc2Cl)c2cc(C=O)ccc21. The molecule has 0 bridgehead atoms. The van der Waals surface area contributed by atoms with Crippen LogP contribution in [0.3, 0.4) is 0 Å². The molecule has 1 aliphatic heterocycles. The van der Waals surface area contributed by atoms with Gasteiger partial charge in [0.05, 0.1) is 39.9 Å². The topological polar surface area (TPSA) is 46.6 Å². The standard InChI is InChI=1S/C18H13Cl2NO3/c1-2-24-10-13-12-7-6-11(9-22)8-16(12)21(18(13)23)17-14(19)4-3-5-15(17)20/h3-10H,2H2,1H3/b13-10-. The second-order valence-electron chi connectivity index (χ2n) is 5.09. The monoisotopic (exact) mass is 361 g/mol. The van der Waals surface area contributed by atoms with Crippen molar-refractivity contribution in [2.45, 2.75) is 6.92 Å².